The number of ether oxygens (including phenoxy) is 1. The molecule has 1 saturated heterocycles. The summed E-state index contributed by atoms with van der Waals surface area (Å²) in [6, 6.07) is -0.476. The summed E-state index contributed by atoms with van der Waals surface area (Å²) < 4.78 is 5.30. The Morgan fingerprint density at radius 2 is 2.19 bits per heavy atom. The van der Waals surface area contributed by atoms with E-state index in [9.17, 15) is 4.79 Å². The van der Waals surface area contributed by atoms with Crippen LogP contribution in [0, 0.1) is 5.92 Å². The zero-order chi connectivity index (χ0) is 13.7. The number of carbonyl (C=O) groups is 1. The number of aromatic nitrogens is 1. The Hall–Kier alpha value is -0.400. The Bertz CT molecular complexity index is 400. The van der Waals surface area contributed by atoms with E-state index in [0.29, 0.717) is 13.2 Å². The van der Waals surface area contributed by atoms with Gasteiger partial charge in [-0.05, 0) is 25.2 Å². The summed E-state index contributed by atoms with van der Waals surface area (Å²) in [6.45, 7) is 3.44. The molecule has 0 radical (unpaired) electrons. The van der Waals surface area contributed by atoms with Crippen LogP contribution in [0.1, 0.15) is 37.2 Å². The van der Waals surface area contributed by atoms with Crippen LogP contribution in [0.5, 0.6) is 0 Å². The van der Waals surface area contributed by atoms with E-state index < -0.39 is 6.04 Å². The number of nitrogens with zero attached hydrogens (tertiary/aromatic N) is 1. The lowest BCUT2D eigenvalue weighted by atomic mass is 9.91. The third-order valence-electron chi connectivity index (χ3n) is 3.55. The predicted octanol–water partition coefficient (Wildman–Crippen LogP) is 2.31. The molecule has 2 unspecified atom stereocenters. The SMILES string of the molecule is CCC(NC(=O)C(N)C1CCOCC1)c1nccs1.Cl.Cl. The molecule has 2 heterocycles. The Morgan fingerprint density at radius 3 is 2.71 bits per heavy atom. The van der Waals surface area contributed by atoms with Gasteiger partial charge in [-0.25, -0.2) is 4.98 Å². The molecule has 2 rings (SSSR count). The molecule has 21 heavy (non-hydrogen) atoms. The standard InChI is InChI=1S/C13H21N3O2S.2ClH/c1-2-10(13-15-5-8-19-13)16-12(17)11(14)9-3-6-18-7-4-9;;/h5,8-11H,2-4,6-7,14H2,1H3,(H,16,17);2*1H. The molecule has 3 N–H and O–H groups in total. The van der Waals surface area contributed by atoms with Crippen LogP contribution >= 0.6 is 36.2 Å². The summed E-state index contributed by atoms with van der Waals surface area (Å²) in [5, 5.41) is 5.87. The van der Waals surface area contributed by atoms with Gasteiger partial charge in [0, 0.05) is 24.8 Å². The maximum atomic E-state index is 12.2. The Morgan fingerprint density at radius 1 is 1.52 bits per heavy atom. The average molecular weight is 356 g/mol. The second-order valence-electron chi connectivity index (χ2n) is 4.82. The molecule has 0 bridgehead atoms. The van der Waals surface area contributed by atoms with E-state index in [2.05, 4.69) is 10.3 Å². The maximum absolute atomic E-state index is 12.2. The van der Waals surface area contributed by atoms with E-state index in [1.165, 1.54) is 0 Å². The minimum atomic E-state index is -0.446. The fraction of sp³-hybridized carbons (Fsp3) is 0.692. The van der Waals surface area contributed by atoms with Gasteiger partial charge in [0.25, 0.3) is 0 Å². The first-order chi connectivity index (χ1) is 9.22. The molecule has 0 aromatic carbocycles. The quantitative estimate of drug-likeness (QED) is 0.849. The molecule has 1 aliphatic heterocycles. The van der Waals surface area contributed by atoms with E-state index in [0.717, 1.165) is 24.3 Å². The summed E-state index contributed by atoms with van der Waals surface area (Å²) in [4.78, 5) is 16.5. The van der Waals surface area contributed by atoms with Gasteiger partial charge >= 0.3 is 0 Å². The molecule has 8 heteroatoms. The Kier molecular flexibility index (Phi) is 10.1. The van der Waals surface area contributed by atoms with E-state index in [1.54, 1.807) is 17.5 Å². The van der Waals surface area contributed by atoms with Gasteiger partial charge in [-0.2, -0.15) is 0 Å². The van der Waals surface area contributed by atoms with Gasteiger partial charge in [-0.15, -0.1) is 36.2 Å². The van der Waals surface area contributed by atoms with Gasteiger partial charge in [0.1, 0.15) is 5.01 Å². The third kappa shape index (κ3) is 5.71. The fourth-order valence-electron chi connectivity index (χ4n) is 2.30. The minimum Gasteiger partial charge on any atom is -0.381 e. The number of hydrogen-bond acceptors (Lipinski definition) is 5. The van der Waals surface area contributed by atoms with Crippen molar-refractivity contribution >= 4 is 42.1 Å². The molecule has 0 aliphatic carbocycles. The van der Waals surface area contributed by atoms with Gasteiger partial charge in [0.2, 0.25) is 5.91 Å². The lowest BCUT2D eigenvalue weighted by Crippen LogP contribution is -2.48. The lowest BCUT2D eigenvalue weighted by Gasteiger charge is -2.28. The zero-order valence-electron chi connectivity index (χ0n) is 12.0. The topological polar surface area (TPSA) is 77.2 Å². The molecule has 1 aliphatic rings. The average Bonchev–Trinajstić information content (AvgIpc) is 2.98. The second kappa shape index (κ2) is 10.3. The summed E-state index contributed by atoms with van der Waals surface area (Å²) in [7, 11) is 0. The van der Waals surface area contributed by atoms with Crippen molar-refractivity contribution in [3.8, 4) is 0 Å². The van der Waals surface area contributed by atoms with Gasteiger partial charge in [0.05, 0.1) is 12.1 Å². The number of hydrogen-bond donors (Lipinski definition) is 2. The first kappa shape index (κ1) is 20.6. The van der Waals surface area contributed by atoms with Crippen molar-refractivity contribution in [1.82, 2.24) is 10.3 Å². The first-order valence-electron chi connectivity index (χ1n) is 6.75. The van der Waals surface area contributed by atoms with E-state index >= 15 is 0 Å². The van der Waals surface area contributed by atoms with Crippen LogP contribution in [0.25, 0.3) is 0 Å². The van der Waals surface area contributed by atoms with Crippen molar-refractivity contribution in [2.45, 2.75) is 38.3 Å². The predicted molar refractivity (Wildman–Crippen MR) is 89.3 cm³/mol. The number of halogens is 2. The van der Waals surface area contributed by atoms with Gasteiger partial charge < -0.3 is 15.8 Å². The van der Waals surface area contributed by atoms with E-state index in [1.807, 2.05) is 12.3 Å². The van der Waals surface area contributed by atoms with Crippen LogP contribution in [0.15, 0.2) is 11.6 Å². The fourth-order valence-corrected chi connectivity index (χ4v) is 3.07. The van der Waals surface area contributed by atoms with Crippen LogP contribution in [0.3, 0.4) is 0 Å². The number of nitrogens with one attached hydrogen (secondary N) is 1. The van der Waals surface area contributed by atoms with Crippen molar-refractivity contribution in [2.24, 2.45) is 11.7 Å². The molecule has 122 valence electrons. The van der Waals surface area contributed by atoms with Gasteiger partial charge in [-0.3, -0.25) is 4.79 Å². The molecule has 1 aromatic rings. The molecule has 5 nitrogen and oxygen atoms in total. The number of thiazole rings is 1. The van der Waals surface area contributed by atoms with Crippen LogP contribution in [0.2, 0.25) is 0 Å². The minimum absolute atomic E-state index is 0. The summed E-state index contributed by atoms with van der Waals surface area (Å²) in [5.74, 6) is 0.150. The highest BCUT2D eigenvalue weighted by Crippen LogP contribution is 2.21. The molecular formula is C13H23Cl2N3O2S. The highest BCUT2D eigenvalue weighted by molar-refractivity contribution is 7.09. The number of amides is 1. The van der Waals surface area contributed by atoms with Gasteiger partial charge in [-0.1, -0.05) is 6.92 Å². The number of carbonyl (C=O) groups excluding carboxylic acids is 1. The summed E-state index contributed by atoms with van der Waals surface area (Å²) >= 11 is 1.56. The molecular weight excluding hydrogens is 333 g/mol. The van der Waals surface area contributed by atoms with Crippen molar-refractivity contribution in [3.63, 3.8) is 0 Å². The normalized spacial score (nSPS) is 18.0. The van der Waals surface area contributed by atoms with E-state index in [4.69, 9.17) is 10.5 Å². The van der Waals surface area contributed by atoms with Crippen LogP contribution in [0.4, 0.5) is 0 Å². The van der Waals surface area contributed by atoms with E-state index in [-0.39, 0.29) is 42.7 Å². The van der Waals surface area contributed by atoms with Crippen molar-refractivity contribution in [1.29, 1.82) is 0 Å². The van der Waals surface area contributed by atoms with Crippen molar-refractivity contribution in [2.75, 3.05) is 13.2 Å². The molecule has 1 aromatic heterocycles. The molecule has 0 saturated carbocycles. The van der Waals surface area contributed by atoms with Gasteiger partial charge in [0.15, 0.2) is 0 Å². The smallest absolute Gasteiger partial charge is 0.237 e. The first-order valence-corrected chi connectivity index (χ1v) is 7.63. The number of nitrogens with two attached hydrogens (primary N) is 1. The lowest BCUT2D eigenvalue weighted by molar-refractivity contribution is -0.125. The Balaban J connectivity index is 0.00000200. The highest BCUT2D eigenvalue weighted by atomic mass is 35.5. The van der Waals surface area contributed by atoms with Crippen molar-refractivity contribution < 1.29 is 9.53 Å². The zero-order valence-corrected chi connectivity index (χ0v) is 14.4. The van der Waals surface area contributed by atoms with Crippen molar-refractivity contribution in [3.05, 3.63) is 16.6 Å². The largest absolute Gasteiger partial charge is 0.381 e. The molecule has 1 amide bonds. The monoisotopic (exact) mass is 355 g/mol. The molecule has 1 fully saturated rings. The second-order valence-corrected chi connectivity index (χ2v) is 5.74. The summed E-state index contributed by atoms with van der Waals surface area (Å²) in [6.07, 6.45) is 4.30. The Labute approximate surface area is 141 Å². The van der Waals surface area contributed by atoms with Crippen LogP contribution in [-0.2, 0) is 9.53 Å². The molecule has 0 spiro atoms. The van der Waals surface area contributed by atoms with Crippen LogP contribution < -0.4 is 11.1 Å². The third-order valence-corrected chi connectivity index (χ3v) is 4.44. The highest BCUT2D eigenvalue weighted by Gasteiger charge is 2.28. The number of rotatable bonds is 5. The molecule has 2 atom stereocenters. The van der Waals surface area contributed by atoms with Crippen LogP contribution in [-0.4, -0.2) is 30.1 Å². The summed E-state index contributed by atoms with van der Waals surface area (Å²) in [5.41, 5.74) is 6.06. The maximum Gasteiger partial charge on any atom is 0.237 e.